The van der Waals surface area contributed by atoms with Crippen molar-refractivity contribution in [3.05, 3.63) is 101 Å². The number of thiophene rings is 1. The van der Waals surface area contributed by atoms with Gasteiger partial charge in [0.1, 0.15) is 17.6 Å². The van der Waals surface area contributed by atoms with Gasteiger partial charge in [0, 0.05) is 18.1 Å². The Balaban J connectivity index is 1.49. The Kier molecular flexibility index (Phi) is 4.62. The second-order valence-electron chi connectivity index (χ2n) is 6.86. The highest BCUT2D eigenvalue weighted by Gasteiger charge is 2.32. The van der Waals surface area contributed by atoms with Gasteiger partial charge < -0.3 is 14.6 Å². The first-order chi connectivity index (χ1) is 14.3. The summed E-state index contributed by atoms with van der Waals surface area (Å²) in [4.78, 5) is 10.3. The van der Waals surface area contributed by atoms with Crippen molar-refractivity contribution in [3.8, 4) is 11.4 Å². The van der Waals surface area contributed by atoms with Gasteiger partial charge in [-0.1, -0.05) is 30.3 Å². The minimum Gasteiger partial charge on any atom is -0.497 e. The minimum absolute atomic E-state index is 0.00268. The van der Waals surface area contributed by atoms with Gasteiger partial charge in [-0.25, -0.2) is 4.98 Å². The van der Waals surface area contributed by atoms with Gasteiger partial charge in [-0.2, -0.15) is 0 Å². The van der Waals surface area contributed by atoms with Gasteiger partial charge in [0.25, 0.3) is 0 Å². The Morgan fingerprint density at radius 1 is 1.00 bits per heavy atom. The summed E-state index contributed by atoms with van der Waals surface area (Å²) in [5.41, 5.74) is 3.45. The topological polar surface area (TPSA) is 51.4 Å². The van der Waals surface area contributed by atoms with E-state index in [1.165, 1.54) is 5.56 Å². The van der Waals surface area contributed by atoms with E-state index in [0.717, 1.165) is 27.7 Å². The second-order valence-corrected chi connectivity index (χ2v) is 7.80. The van der Waals surface area contributed by atoms with Crippen LogP contribution in [0.1, 0.15) is 28.1 Å². The monoisotopic (exact) mass is 400 g/mol. The number of hydrogen-bond acceptors (Lipinski definition) is 5. The maximum atomic E-state index is 5.31. The van der Waals surface area contributed by atoms with Crippen LogP contribution in [0.15, 0.2) is 89.8 Å². The molecule has 4 aromatic rings. The number of amidine groups is 1. The number of nitrogens with one attached hydrogen (secondary N) is 1. The molecule has 0 spiro atoms. The molecule has 144 valence electrons. The molecule has 1 aliphatic heterocycles. The van der Waals surface area contributed by atoms with E-state index in [1.807, 2.05) is 22.9 Å². The molecule has 5 rings (SSSR count). The van der Waals surface area contributed by atoms with Crippen LogP contribution in [0.3, 0.4) is 0 Å². The van der Waals surface area contributed by atoms with Gasteiger partial charge in [-0.05, 0) is 46.8 Å². The molecule has 2 aromatic heterocycles. The summed E-state index contributed by atoms with van der Waals surface area (Å²) in [6.45, 7) is 0. The third-order valence-corrected chi connectivity index (χ3v) is 6.02. The molecule has 1 N–H and O–H groups in total. The van der Waals surface area contributed by atoms with Gasteiger partial charge >= 0.3 is 0 Å². The number of benzene rings is 2. The van der Waals surface area contributed by atoms with Crippen LogP contribution >= 0.6 is 11.3 Å². The molecule has 29 heavy (non-hydrogen) atoms. The SMILES string of the molecule is COc1ccc(C2N=C(c3cccs3)NC2c2ccc(-n3ccnc3)cc2)cc1. The molecular formula is C23H20N4OS. The Morgan fingerprint density at radius 2 is 1.79 bits per heavy atom. The number of hydrogen-bond donors (Lipinski definition) is 1. The summed E-state index contributed by atoms with van der Waals surface area (Å²) < 4.78 is 7.32. The van der Waals surface area contributed by atoms with Crippen LogP contribution in [0, 0.1) is 0 Å². The van der Waals surface area contributed by atoms with Crippen LogP contribution < -0.4 is 10.1 Å². The van der Waals surface area contributed by atoms with Crippen molar-refractivity contribution >= 4 is 17.2 Å². The number of aliphatic imine (C=N–C) groups is 1. The molecule has 6 heteroatoms. The standard InChI is InChI=1S/C23H20N4OS/c1-28-19-10-6-17(7-11-19)22-21(25-23(26-22)20-3-2-14-29-20)16-4-8-18(9-5-16)27-13-12-24-15-27/h2-15,21-22H,1H3,(H,25,26). The highest BCUT2D eigenvalue weighted by Crippen LogP contribution is 2.38. The zero-order valence-corrected chi connectivity index (χ0v) is 16.7. The lowest BCUT2D eigenvalue weighted by atomic mass is 9.94. The maximum Gasteiger partial charge on any atom is 0.139 e. The number of nitrogens with zero attached hydrogens (tertiary/aromatic N) is 3. The van der Waals surface area contributed by atoms with E-state index in [2.05, 4.69) is 64.2 Å². The number of rotatable bonds is 5. The summed E-state index contributed by atoms with van der Waals surface area (Å²) >= 11 is 1.70. The fraction of sp³-hybridized carbons (Fsp3) is 0.130. The predicted molar refractivity (Wildman–Crippen MR) is 116 cm³/mol. The van der Waals surface area contributed by atoms with Crippen molar-refractivity contribution in [1.29, 1.82) is 0 Å². The Morgan fingerprint density at radius 3 is 2.45 bits per heavy atom. The van der Waals surface area contributed by atoms with Crippen LogP contribution in [-0.2, 0) is 0 Å². The van der Waals surface area contributed by atoms with Gasteiger partial charge in [0.2, 0.25) is 0 Å². The quantitative estimate of drug-likeness (QED) is 0.525. The molecule has 0 amide bonds. The molecule has 0 fully saturated rings. The van der Waals surface area contributed by atoms with Crippen LogP contribution in [-0.4, -0.2) is 22.5 Å². The summed E-state index contributed by atoms with van der Waals surface area (Å²) in [5.74, 6) is 1.80. The molecule has 2 atom stereocenters. The lowest BCUT2D eigenvalue weighted by Crippen LogP contribution is -2.24. The fourth-order valence-electron chi connectivity index (χ4n) is 3.62. The van der Waals surface area contributed by atoms with E-state index in [4.69, 9.17) is 9.73 Å². The third kappa shape index (κ3) is 3.43. The molecule has 0 saturated carbocycles. The van der Waals surface area contributed by atoms with Crippen molar-refractivity contribution in [3.63, 3.8) is 0 Å². The van der Waals surface area contributed by atoms with Crippen molar-refractivity contribution in [2.75, 3.05) is 7.11 Å². The molecule has 3 heterocycles. The van der Waals surface area contributed by atoms with Crippen LogP contribution in [0.25, 0.3) is 5.69 Å². The van der Waals surface area contributed by atoms with E-state index in [-0.39, 0.29) is 12.1 Å². The van der Waals surface area contributed by atoms with E-state index < -0.39 is 0 Å². The smallest absolute Gasteiger partial charge is 0.139 e. The molecule has 0 saturated heterocycles. The minimum atomic E-state index is -0.00268. The second kappa shape index (κ2) is 7.56. The molecule has 2 unspecified atom stereocenters. The van der Waals surface area contributed by atoms with E-state index >= 15 is 0 Å². The molecule has 5 nitrogen and oxygen atoms in total. The fourth-order valence-corrected chi connectivity index (χ4v) is 4.31. The summed E-state index contributed by atoms with van der Waals surface area (Å²) in [6.07, 6.45) is 5.54. The van der Waals surface area contributed by atoms with Gasteiger partial charge in [0.05, 0.1) is 24.4 Å². The zero-order valence-electron chi connectivity index (χ0n) is 15.9. The van der Waals surface area contributed by atoms with Crippen molar-refractivity contribution in [1.82, 2.24) is 14.9 Å². The Bertz CT molecular complexity index is 1100. The largest absolute Gasteiger partial charge is 0.497 e. The highest BCUT2D eigenvalue weighted by atomic mass is 32.1. The molecular weight excluding hydrogens is 380 g/mol. The van der Waals surface area contributed by atoms with Crippen molar-refractivity contribution in [2.45, 2.75) is 12.1 Å². The van der Waals surface area contributed by atoms with Gasteiger partial charge in [-0.3, -0.25) is 4.99 Å². The average molecular weight is 401 g/mol. The van der Waals surface area contributed by atoms with E-state index in [9.17, 15) is 0 Å². The molecule has 0 aliphatic carbocycles. The first kappa shape index (κ1) is 17.7. The molecule has 0 radical (unpaired) electrons. The van der Waals surface area contributed by atoms with Crippen LogP contribution in [0.2, 0.25) is 0 Å². The summed E-state index contributed by atoms with van der Waals surface area (Å²) in [5, 5.41) is 5.73. The van der Waals surface area contributed by atoms with Crippen LogP contribution in [0.4, 0.5) is 0 Å². The predicted octanol–water partition coefficient (Wildman–Crippen LogP) is 4.77. The number of methoxy groups -OCH3 is 1. The van der Waals surface area contributed by atoms with Crippen molar-refractivity contribution < 1.29 is 4.74 Å². The first-order valence-corrected chi connectivity index (χ1v) is 10.3. The maximum absolute atomic E-state index is 5.31. The van der Waals surface area contributed by atoms with E-state index in [0.29, 0.717) is 0 Å². The average Bonchev–Trinajstić information content (AvgIpc) is 3.55. The lowest BCUT2D eigenvalue weighted by molar-refractivity contribution is 0.414. The number of aromatic nitrogens is 2. The molecule has 1 aliphatic rings. The Hall–Kier alpha value is -3.38. The van der Waals surface area contributed by atoms with Gasteiger partial charge in [0.15, 0.2) is 0 Å². The first-order valence-electron chi connectivity index (χ1n) is 9.42. The Labute approximate surface area is 173 Å². The summed E-state index contributed by atoms with van der Waals surface area (Å²) in [6, 6.07) is 21.0. The number of ether oxygens (including phenoxy) is 1. The van der Waals surface area contributed by atoms with E-state index in [1.54, 1.807) is 31.0 Å². The van der Waals surface area contributed by atoms with Crippen molar-refractivity contribution in [2.24, 2.45) is 4.99 Å². The third-order valence-electron chi connectivity index (χ3n) is 5.14. The van der Waals surface area contributed by atoms with Crippen LogP contribution in [0.5, 0.6) is 5.75 Å². The normalized spacial score (nSPS) is 18.3. The lowest BCUT2D eigenvalue weighted by Gasteiger charge is -2.20. The zero-order chi connectivity index (χ0) is 19.6. The van der Waals surface area contributed by atoms with Gasteiger partial charge in [-0.15, -0.1) is 11.3 Å². The molecule has 0 bridgehead atoms. The number of imidazole rings is 1. The summed E-state index contributed by atoms with van der Waals surface area (Å²) in [7, 11) is 1.68. The molecule has 2 aromatic carbocycles. The highest BCUT2D eigenvalue weighted by molar-refractivity contribution is 7.12.